The fourth-order valence-electron chi connectivity index (χ4n) is 1.60. The second kappa shape index (κ2) is 7.86. The molecule has 0 saturated carbocycles. The van der Waals surface area contributed by atoms with Crippen LogP contribution in [0.4, 0.5) is 14.5 Å². The summed E-state index contributed by atoms with van der Waals surface area (Å²) in [5.41, 5.74) is 0.193. The molecule has 0 atom stereocenters. The molecular formula is C15H12F2N2O5. The molecule has 1 aromatic carbocycles. The number of halogens is 2. The zero-order valence-electron chi connectivity index (χ0n) is 12.2. The minimum absolute atomic E-state index is 0.0412. The minimum Gasteiger partial charge on any atom is -0.472 e. The highest BCUT2D eigenvalue weighted by Gasteiger charge is 2.12. The smallest absolute Gasteiger partial charge is 0.341 e. The quantitative estimate of drug-likeness (QED) is 0.778. The molecule has 0 fully saturated rings. The molecular weight excluding hydrogens is 326 g/mol. The molecule has 0 spiro atoms. The van der Waals surface area contributed by atoms with E-state index < -0.39 is 42.6 Å². The highest BCUT2D eigenvalue weighted by atomic mass is 19.2. The maximum atomic E-state index is 13.0. The molecule has 1 aromatic heterocycles. The SMILES string of the molecule is O=C(COC(=O)c1ccoc1)NCC(=O)Nc1ccc(F)c(F)c1. The summed E-state index contributed by atoms with van der Waals surface area (Å²) in [7, 11) is 0. The van der Waals surface area contributed by atoms with Gasteiger partial charge in [-0.2, -0.15) is 0 Å². The van der Waals surface area contributed by atoms with Gasteiger partial charge in [-0.3, -0.25) is 9.59 Å². The third-order valence-corrected chi connectivity index (χ3v) is 2.74. The highest BCUT2D eigenvalue weighted by Crippen LogP contribution is 2.12. The van der Waals surface area contributed by atoms with E-state index in [2.05, 4.69) is 15.1 Å². The van der Waals surface area contributed by atoms with Gasteiger partial charge >= 0.3 is 5.97 Å². The lowest BCUT2D eigenvalue weighted by molar-refractivity contribution is -0.126. The van der Waals surface area contributed by atoms with Crippen molar-refractivity contribution in [2.45, 2.75) is 0 Å². The van der Waals surface area contributed by atoms with E-state index in [1.54, 1.807) is 0 Å². The van der Waals surface area contributed by atoms with Crippen molar-refractivity contribution >= 4 is 23.5 Å². The Kier molecular flexibility index (Phi) is 5.61. The molecule has 1 heterocycles. The van der Waals surface area contributed by atoms with Crippen LogP contribution in [0.2, 0.25) is 0 Å². The Labute approximate surface area is 134 Å². The number of ether oxygens (including phenoxy) is 1. The van der Waals surface area contributed by atoms with E-state index >= 15 is 0 Å². The molecule has 0 bridgehead atoms. The zero-order valence-corrected chi connectivity index (χ0v) is 12.2. The minimum atomic E-state index is -1.11. The number of rotatable bonds is 6. The van der Waals surface area contributed by atoms with Gasteiger partial charge in [0, 0.05) is 11.8 Å². The number of esters is 1. The predicted molar refractivity (Wildman–Crippen MR) is 77.0 cm³/mol. The van der Waals surface area contributed by atoms with Gasteiger partial charge in [-0.25, -0.2) is 13.6 Å². The summed E-state index contributed by atoms with van der Waals surface area (Å²) in [5, 5.41) is 4.48. The first kappa shape index (κ1) is 17.1. The maximum absolute atomic E-state index is 13.0. The van der Waals surface area contributed by atoms with E-state index in [1.165, 1.54) is 18.4 Å². The van der Waals surface area contributed by atoms with E-state index in [9.17, 15) is 23.2 Å². The van der Waals surface area contributed by atoms with Crippen molar-refractivity contribution in [3.63, 3.8) is 0 Å². The van der Waals surface area contributed by atoms with Gasteiger partial charge < -0.3 is 19.8 Å². The third kappa shape index (κ3) is 4.90. The molecule has 0 aliphatic heterocycles. The fraction of sp³-hybridized carbons (Fsp3) is 0.133. The van der Waals surface area contributed by atoms with E-state index in [-0.39, 0.29) is 11.3 Å². The van der Waals surface area contributed by atoms with Crippen LogP contribution < -0.4 is 10.6 Å². The van der Waals surface area contributed by atoms with E-state index in [0.717, 1.165) is 18.4 Å². The van der Waals surface area contributed by atoms with Gasteiger partial charge in [0.25, 0.3) is 5.91 Å². The highest BCUT2D eigenvalue weighted by molar-refractivity contribution is 5.95. The van der Waals surface area contributed by atoms with Gasteiger partial charge in [-0.05, 0) is 18.2 Å². The lowest BCUT2D eigenvalue weighted by Crippen LogP contribution is -2.35. The van der Waals surface area contributed by atoms with Crippen molar-refractivity contribution in [1.82, 2.24) is 5.32 Å². The Balaban J connectivity index is 1.72. The predicted octanol–water partition coefficient (Wildman–Crippen LogP) is 1.47. The Hall–Kier alpha value is -3.23. The summed E-state index contributed by atoms with van der Waals surface area (Å²) in [6.07, 6.45) is 2.44. The molecule has 0 aliphatic carbocycles. The van der Waals surface area contributed by atoms with Crippen molar-refractivity contribution in [2.24, 2.45) is 0 Å². The summed E-state index contributed by atoms with van der Waals surface area (Å²) in [6.45, 7) is -1.01. The summed E-state index contributed by atoms with van der Waals surface area (Å²) in [5.74, 6) is -4.25. The molecule has 2 amide bonds. The first-order valence-electron chi connectivity index (χ1n) is 6.66. The fourth-order valence-corrected chi connectivity index (χ4v) is 1.60. The van der Waals surface area contributed by atoms with Crippen LogP contribution in [0.3, 0.4) is 0 Å². The van der Waals surface area contributed by atoms with E-state index in [1.807, 2.05) is 0 Å². The van der Waals surface area contributed by atoms with Crippen LogP contribution in [-0.2, 0) is 14.3 Å². The summed E-state index contributed by atoms with van der Waals surface area (Å²) in [6, 6.07) is 4.21. The van der Waals surface area contributed by atoms with E-state index in [4.69, 9.17) is 4.74 Å². The van der Waals surface area contributed by atoms with Crippen LogP contribution in [-0.4, -0.2) is 30.9 Å². The van der Waals surface area contributed by atoms with Crippen molar-refractivity contribution in [2.75, 3.05) is 18.5 Å². The molecule has 7 nitrogen and oxygen atoms in total. The largest absolute Gasteiger partial charge is 0.472 e. The number of anilines is 1. The van der Waals surface area contributed by atoms with Crippen molar-refractivity contribution in [3.8, 4) is 0 Å². The maximum Gasteiger partial charge on any atom is 0.341 e. The molecule has 0 unspecified atom stereocenters. The Morgan fingerprint density at radius 2 is 1.88 bits per heavy atom. The Morgan fingerprint density at radius 3 is 2.54 bits per heavy atom. The average molecular weight is 338 g/mol. The van der Waals surface area contributed by atoms with Gasteiger partial charge in [0.05, 0.1) is 18.4 Å². The molecule has 0 radical (unpaired) electrons. The van der Waals surface area contributed by atoms with Gasteiger partial charge in [-0.15, -0.1) is 0 Å². The number of hydrogen-bond acceptors (Lipinski definition) is 5. The molecule has 2 N–H and O–H groups in total. The molecule has 24 heavy (non-hydrogen) atoms. The lowest BCUT2D eigenvalue weighted by Gasteiger charge is -2.07. The van der Waals surface area contributed by atoms with Crippen LogP contribution in [0.25, 0.3) is 0 Å². The second-order valence-corrected chi connectivity index (χ2v) is 4.54. The molecule has 9 heteroatoms. The first-order valence-corrected chi connectivity index (χ1v) is 6.66. The number of benzene rings is 1. The Bertz CT molecular complexity index is 746. The average Bonchev–Trinajstić information content (AvgIpc) is 3.08. The third-order valence-electron chi connectivity index (χ3n) is 2.74. The lowest BCUT2D eigenvalue weighted by atomic mass is 10.3. The number of hydrogen-bond donors (Lipinski definition) is 2. The van der Waals surface area contributed by atoms with Crippen molar-refractivity contribution < 1.29 is 32.3 Å². The first-order chi connectivity index (χ1) is 11.5. The van der Waals surface area contributed by atoms with Crippen LogP contribution in [0.15, 0.2) is 41.2 Å². The van der Waals surface area contributed by atoms with Gasteiger partial charge in [0.2, 0.25) is 5.91 Å². The molecule has 126 valence electrons. The number of carbonyl (C=O) groups is 3. The normalized spacial score (nSPS) is 10.1. The van der Waals surface area contributed by atoms with Crippen molar-refractivity contribution in [1.29, 1.82) is 0 Å². The zero-order chi connectivity index (χ0) is 17.5. The molecule has 2 rings (SSSR count). The van der Waals surface area contributed by atoms with Crippen molar-refractivity contribution in [3.05, 3.63) is 54.0 Å². The van der Waals surface area contributed by atoms with E-state index in [0.29, 0.717) is 0 Å². The topological polar surface area (TPSA) is 97.6 Å². The molecule has 2 aromatic rings. The monoisotopic (exact) mass is 338 g/mol. The van der Waals surface area contributed by atoms with Crippen LogP contribution in [0, 0.1) is 11.6 Å². The van der Waals surface area contributed by atoms with Gasteiger partial charge in [0.1, 0.15) is 6.26 Å². The molecule has 0 saturated heterocycles. The number of carbonyl (C=O) groups excluding carboxylic acids is 3. The number of amides is 2. The van der Waals surface area contributed by atoms with Gasteiger partial charge in [0.15, 0.2) is 18.2 Å². The summed E-state index contributed by atoms with van der Waals surface area (Å²) in [4.78, 5) is 34.5. The standard InChI is InChI=1S/C15H12F2N2O5/c16-11-2-1-10(5-12(11)17)19-13(20)6-18-14(21)8-24-15(22)9-3-4-23-7-9/h1-5,7H,6,8H2,(H,18,21)(H,19,20). The number of furan rings is 1. The van der Waals surface area contributed by atoms with Crippen LogP contribution in [0.5, 0.6) is 0 Å². The summed E-state index contributed by atoms with van der Waals surface area (Å²) < 4.78 is 35.1. The van der Waals surface area contributed by atoms with Crippen LogP contribution in [0.1, 0.15) is 10.4 Å². The van der Waals surface area contributed by atoms with Gasteiger partial charge in [-0.1, -0.05) is 0 Å². The van der Waals surface area contributed by atoms with Crippen LogP contribution >= 0.6 is 0 Å². The molecule has 0 aliphatic rings. The number of nitrogens with one attached hydrogen (secondary N) is 2. The second-order valence-electron chi connectivity index (χ2n) is 4.54. The summed E-state index contributed by atoms with van der Waals surface area (Å²) >= 11 is 0. The Morgan fingerprint density at radius 1 is 1.08 bits per heavy atom.